The van der Waals surface area contributed by atoms with Crippen molar-refractivity contribution < 1.29 is 9.18 Å². The molecule has 1 nitrogen and oxygen atoms in total. The number of carbonyl (C=O) groups is 1. The second kappa shape index (κ2) is 5.29. The molecule has 0 radical (unpaired) electrons. The first-order chi connectivity index (χ1) is 8.08. The van der Waals surface area contributed by atoms with Crippen LogP contribution in [-0.2, 0) is 6.42 Å². The van der Waals surface area contributed by atoms with Crippen molar-refractivity contribution in [2.75, 3.05) is 0 Å². The number of thiophene rings is 1. The lowest BCUT2D eigenvalue weighted by atomic mass is 10.1. The third-order valence-corrected chi connectivity index (χ3v) is 4.39. The zero-order chi connectivity index (χ0) is 12.4. The molecular formula is C12H7BrClFOS. The van der Waals surface area contributed by atoms with E-state index in [1.807, 2.05) is 0 Å². The van der Waals surface area contributed by atoms with Crippen LogP contribution >= 0.6 is 38.9 Å². The molecule has 1 aromatic heterocycles. The van der Waals surface area contributed by atoms with Crippen LogP contribution in [0.2, 0.25) is 5.02 Å². The van der Waals surface area contributed by atoms with Crippen molar-refractivity contribution in [2.24, 2.45) is 0 Å². The van der Waals surface area contributed by atoms with E-state index in [0.717, 1.165) is 4.47 Å². The van der Waals surface area contributed by atoms with Crippen molar-refractivity contribution in [3.05, 3.63) is 55.4 Å². The first kappa shape index (κ1) is 12.7. The minimum atomic E-state index is -0.353. The zero-order valence-electron chi connectivity index (χ0n) is 8.54. The van der Waals surface area contributed by atoms with Gasteiger partial charge in [0.05, 0.1) is 9.90 Å². The monoisotopic (exact) mass is 332 g/mol. The van der Waals surface area contributed by atoms with Gasteiger partial charge in [-0.05, 0) is 35.2 Å². The number of rotatable bonds is 3. The Bertz CT molecular complexity index is 567. The van der Waals surface area contributed by atoms with E-state index in [-0.39, 0.29) is 18.0 Å². The minimum Gasteiger partial charge on any atom is -0.293 e. The third-order valence-electron chi connectivity index (χ3n) is 2.23. The van der Waals surface area contributed by atoms with E-state index >= 15 is 0 Å². The highest BCUT2D eigenvalue weighted by Crippen LogP contribution is 2.25. The lowest BCUT2D eigenvalue weighted by Crippen LogP contribution is -2.03. The molecular weight excluding hydrogens is 327 g/mol. The Balaban J connectivity index is 2.24. The fourth-order valence-corrected chi connectivity index (χ4v) is 2.91. The van der Waals surface area contributed by atoms with Crippen molar-refractivity contribution in [2.45, 2.75) is 6.42 Å². The molecule has 5 heteroatoms. The van der Waals surface area contributed by atoms with E-state index in [2.05, 4.69) is 15.9 Å². The number of hydrogen-bond donors (Lipinski definition) is 0. The van der Waals surface area contributed by atoms with Gasteiger partial charge in [0.2, 0.25) is 0 Å². The molecule has 0 N–H and O–H groups in total. The number of ketones is 1. The standard InChI is InChI=1S/C12H7BrClFOS/c13-9-2-1-8(15)5-7(9)6-11(16)12-10(14)3-4-17-12/h1-5H,6H2. The van der Waals surface area contributed by atoms with E-state index in [4.69, 9.17) is 11.6 Å². The summed E-state index contributed by atoms with van der Waals surface area (Å²) >= 11 is 10.5. The van der Waals surface area contributed by atoms with Crippen molar-refractivity contribution in [1.29, 1.82) is 0 Å². The molecule has 0 saturated carbocycles. The summed E-state index contributed by atoms with van der Waals surface area (Å²) in [5.74, 6) is -0.454. The van der Waals surface area contributed by atoms with Gasteiger partial charge in [0, 0.05) is 10.9 Å². The largest absolute Gasteiger partial charge is 0.293 e. The highest BCUT2D eigenvalue weighted by atomic mass is 79.9. The molecule has 0 unspecified atom stereocenters. The van der Waals surface area contributed by atoms with Gasteiger partial charge in [0.15, 0.2) is 5.78 Å². The molecule has 0 atom stereocenters. The molecule has 1 heterocycles. The molecule has 1 aromatic carbocycles. The molecule has 88 valence electrons. The van der Waals surface area contributed by atoms with Gasteiger partial charge < -0.3 is 0 Å². The van der Waals surface area contributed by atoms with Crippen molar-refractivity contribution >= 4 is 44.7 Å². The normalized spacial score (nSPS) is 10.5. The van der Waals surface area contributed by atoms with E-state index in [0.29, 0.717) is 15.5 Å². The Kier molecular flexibility index (Phi) is 3.97. The molecule has 2 rings (SSSR count). The lowest BCUT2D eigenvalue weighted by Gasteiger charge is -2.03. The second-order valence-electron chi connectivity index (χ2n) is 3.43. The van der Waals surface area contributed by atoms with Gasteiger partial charge in [-0.3, -0.25) is 4.79 Å². The van der Waals surface area contributed by atoms with Gasteiger partial charge >= 0.3 is 0 Å². The number of carbonyl (C=O) groups excluding carboxylic acids is 1. The maximum atomic E-state index is 13.1. The average molecular weight is 334 g/mol. The quantitative estimate of drug-likeness (QED) is 0.742. The Morgan fingerprint density at radius 3 is 2.82 bits per heavy atom. The Labute approximate surface area is 115 Å². The molecule has 0 aliphatic carbocycles. The molecule has 0 aliphatic rings. The van der Waals surface area contributed by atoms with Gasteiger partial charge in [0.1, 0.15) is 5.82 Å². The summed E-state index contributed by atoms with van der Waals surface area (Å²) in [5, 5.41) is 2.21. The first-order valence-electron chi connectivity index (χ1n) is 4.78. The summed E-state index contributed by atoms with van der Waals surface area (Å²) in [4.78, 5) is 12.5. The van der Waals surface area contributed by atoms with Crippen LogP contribution in [0.3, 0.4) is 0 Å². The van der Waals surface area contributed by atoms with Crippen LogP contribution in [0, 0.1) is 5.82 Å². The Morgan fingerprint density at radius 1 is 1.41 bits per heavy atom. The number of Topliss-reactive ketones (excluding diaryl/α,β-unsaturated/α-hetero) is 1. The van der Waals surface area contributed by atoms with Crippen molar-refractivity contribution in [1.82, 2.24) is 0 Å². The summed E-state index contributed by atoms with van der Waals surface area (Å²) in [5.41, 5.74) is 0.625. The predicted octanol–water partition coefficient (Wildman–Crippen LogP) is 4.73. The smallest absolute Gasteiger partial charge is 0.178 e. The zero-order valence-corrected chi connectivity index (χ0v) is 11.7. The van der Waals surface area contributed by atoms with Crippen LogP contribution in [-0.4, -0.2) is 5.78 Å². The number of hydrogen-bond acceptors (Lipinski definition) is 2. The summed E-state index contributed by atoms with van der Waals surface area (Å²) in [6.45, 7) is 0. The van der Waals surface area contributed by atoms with Gasteiger partial charge in [0.25, 0.3) is 0 Å². The third kappa shape index (κ3) is 2.94. The predicted molar refractivity (Wildman–Crippen MR) is 71.5 cm³/mol. The summed E-state index contributed by atoms with van der Waals surface area (Å²) in [7, 11) is 0. The van der Waals surface area contributed by atoms with Gasteiger partial charge in [-0.2, -0.15) is 0 Å². The topological polar surface area (TPSA) is 17.1 Å². The van der Waals surface area contributed by atoms with Crippen LogP contribution in [0.1, 0.15) is 15.2 Å². The van der Waals surface area contributed by atoms with Crippen molar-refractivity contribution in [3.8, 4) is 0 Å². The average Bonchev–Trinajstić information content (AvgIpc) is 2.70. The SMILES string of the molecule is O=C(Cc1cc(F)ccc1Br)c1sccc1Cl. The number of benzene rings is 1. The molecule has 0 aliphatic heterocycles. The fraction of sp³-hybridized carbons (Fsp3) is 0.0833. The Morgan fingerprint density at radius 2 is 2.18 bits per heavy atom. The van der Waals surface area contributed by atoms with E-state index in [1.54, 1.807) is 17.5 Å². The number of halogens is 3. The summed E-state index contributed by atoms with van der Waals surface area (Å²) < 4.78 is 13.8. The highest BCUT2D eigenvalue weighted by molar-refractivity contribution is 9.10. The van der Waals surface area contributed by atoms with Crippen LogP contribution in [0.15, 0.2) is 34.1 Å². The van der Waals surface area contributed by atoms with Crippen molar-refractivity contribution in [3.63, 3.8) is 0 Å². The molecule has 0 amide bonds. The molecule has 0 fully saturated rings. The summed E-state index contributed by atoms with van der Waals surface area (Å²) in [6.07, 6.45) is 0.137. The maximum absolute atomic E-state index is 13.1. The second-order valence-corrected chi connectivity index (χ2v) is 5.61. The minimum absolute atomic E-state index is 0.101. The van der Waals surface area contributed by atoms with Gasteiger partial charge in [-0.15, -0.1) is 11.3 Å². The molecule has 2 aromatic rings. The van der Waals surface area contributed by atoms with E-state index in [1.165, 1.54) is 23.5 Å². The van der Waals surface area contributed by atoms with Crippen LogP contribution in [0.5, 0.6) is 0 Å². The van der Waals surface area contributed by atoms with Gasteiger partial charge in [-0.1, -0.05) is 27.5 Å². The van der Waals surface area contributed by atoms with E-state index in [9.17, 15) is 9.18 Å². The molecule has 0 saturated heterocycles. The van der Waals surface area contributed by atoms with E-state index < -0.39 is 0 Å². The maximum Gasteiger partial charge on any atom is 0.178 e. The van der Waals surface area contributed by atoms with Crippen LogP contribution < -0.4 is 0 Å². The Hall–Kier alpha value is -0.710. The summed E-state index contributed by atoms with van der Waals surface area (Å²) in [6, 6.07) is 5.97. The molecule has 0 bridgehead atoms. The lowest BCUT2D eigenvalue weighted by molar-refractivity contribution is 0.0997. The fourth-order valence-electron chi connectivity index (χ4n) is 1.42. The van der Waals surface area contributed by atoms with Crippen LogP contribution in [0.25, 0.3) is 0 Å². The van der Waals surface area contributed by atoms with Crippen LogP contribution in [0.4, 0.5) is 4.39 Å². The van der Waals surface area contributed by atoms with Gasteiger partial charge in [-0.25, -0.2) is 4.39 Å². The molecule has 0 spiro atoms. The molecule has 17 heavy (non-hydrogen) atoms. The first-order valence-corrected chi connectivity index (χ1v) is 6.83. The highest BCUT2D eigenvalue weighted by Gasteiger charge is 2.14.